The fourth-order valence-electron chi connectivity index (χ4n) is 1.66. The summed E-state index contributed by atoms with van der Waals surface area (Å²) in [6, 6.07) is 6.00. The van der Waals surface area contributed by atoms with Crippen molar-refractivity contribution < 1.29 is 9.18 Å². The normalized spacial score (nSPS) is 16.3. The van der Waals surface area contributed by atoms with Crippen molar-refractivity contribution in [3.05, 3.63) is 35.6 Å². The van der Waals surface area contributed by atoms with Crippen molar-refractivity contribution in [3.8, 4) is 0 Å². The minimum atomic E-state index is -0.630. The minimum Gasteiger partial charge on any atom is -0.392 e. The van der Waals surface area contributed by atoms with Gasteiger partial charge in [0.2, 0.25) is 5.91 Å². The molecule has 0 radical (unpaired) electrons. The van der Waals surface area contributed by atoms with Crippen molar-refractivity contribution in [1.82, 2.24) is 5.32 Å². The van der Waals surface area contributed by atoms with Crippen LogP contribution in [-0.2, 0) is 11.3 Å². The third-order valence-corrected chi connectivity index (χ3v) is 3.41. The Bertz CT molecular complexity index is 454. The average molecular weight is 252 g/mol. The monoisotopic (exact) mass is 252 g/mol. The molecular formula is C12H13FN2OS. The molecule has 1 amide bonds. The molecule has 1 fully saturated rings. The topological polar surface area (TPSA) is 55.1 Å². The summed E-state index contributed by atoms with van der Waals surface area (Å²) in [7, 11) is 0. The summed E-state index contributed by atoms with van der Waals surface area (Å²) >= 11 is 4.89. The molecule has 0 aromatic heterocycles. The van der Waals surface area contributed by atoms with Gasteiger partial charge in [-0.3, -0.25) is 4.79 Å². The second-order valence-electron chi connectivity index (χ2n) is 4.26. The van der Waals surface area contributed by atoms with Crippen LogP contribution in [0.5, 0.6) is 0 Å². The molecule has 1 saturated carbocycles. The Kier molecular flexibility index (Phi) is 3.11. The van der Waals surface area contributed by atoms with Crippen LogP contribution in [-0.4, -0.2) is 10.9 Å². The number of nitrogens with two attached hydrogens (primary N) is 1. The molecule has 90 valence electrons. The van der Waals surface area contributed by atoms with Crippen LogP contribution in [0.1, 0.15) is 18.4 Å². The lowest BCUT2D eigenvalue weighted by molar-refractivity contribution is -0.124. The molecule has 1 aromatic rings. The summed E-state index contributed by atoms with van der Waals surface area (Å²) < 4.78 is 12.7. The molecule has 3 N–H and O–H groups in total. The average Bonchev–Trinajstić information content (AvgIpc) is 3.09. The maximum Gasteiger partial charge on any atom is 0.233 e. The van der Waals surface area contributed by atoms with E-state index in [-0.39, 0.29) is 16.7 Å². The number of rotatable bonds is 4. The van der Waals surface area contributed by atoms with Gasteiger partial charge in [-0.1, -0.05) is 24.4 Å². The van der Waals surface area contributed by atoms with Crippen LogP contribution in [0.25, 0.3) is 0 Å². The van der Waals surface area contributed by atoms with Crippen molar-refractivity contribution in [1.29, 1.82) is 0 Å². The predicted molar refractivity (Wildman–Crippen MR) is 66.7 cm³/mol. The maximum absolute atomic E-state index is 12.7. The highest BCUT2D eigenvalue weighted by Crippen LogP contribution is 2.46. The van der Waals surface area contributed by atoms with E-state index in [1.165, 1.54) is 12.1 Å². The SMILES string of the molecule is NC(=S)C1(C(=O)NCc2ccc(F)cc2)CC1. The molecule has 0 bridgehead atoms. The third-order valence-electron chi connectivity index (χ3n) is 3.02. The van der Waals surface area contributed by atoms with Crippen LogP contribution in [0.15, 0.2) is 24.3 Å². The van der Waals surface area contributed by atoms with E-state index in [0.717, 1.165) is 18.4 Å². The summed E-state index contributed by atoms with van der Waals surface area (Å²) in [4.78, 5) is 12.1. The van der Waals surface area contributed by atoms with Crippen LogP contribution in [0.3, 0.4) is 0 Å². The van der Waals surface area contributed by atoms with Gasteiger partial charge >= 0.3 is 0 Å². The van der Waals surface area contributed by atoms with Gasteiger partial charge in [0.15, 0.2) is 0 Å². The van der Waals surface area contributed by atoms with E-state index >= 15 is 0 Å². The van der Waals surface area contributed by atoms with Crippen molar-refractivity contribution in [2.45, 2.75) is 19.4 Å². The van der Waals surface area contributed by atoms with E-state index in [0.29, 0.717) is 6.54 Å². The maximum atomic E-state index is 12.7. The van der Waals surface area contributed by atoms with Crippen molar-refractivity contribution in [3.63, 3.8) is 0 Å². The van der Waals surface area contributed by atoms with Crippen molar-refractivity contribution >= 4 is 23.1 Å². The molecule has 0 saturated heterocycles. The summed E-state index contributed by atoms with van der Waals surface area (Å²) in [5, 5.41) is 2.77. The first-order valence-electron chi connectivity index (χ1n) is 5.37. The second kappa shape index (κ2) is 4.41. The summed E-state index contributed by atoms with van der Waals surface area (Å²) in [5.41, 5.74) is 5.76. The lowest BCUT2D eigenvalue weighted by atomic mass is 10.1. The zero-order valence-electron chi connectivity index (χ0n) is 9.20. The Morgan fingerprint density at radius 2 is 2.00 bits per heavy atom. The van der Waals surface area contributed by atoms with E-state index in [1.54, 1.807) is 12.1 Å². The number of thiocarbonyl (C=S) groups is 1. The van der Waals surface area contributed by atoms with Crippen molar-refractivity contribution in [2.75, 3.05) is 0 Å². The van der Waals surface area contributed by atoms with E-state index < -0.39 is 5.41 Å². The van der Waals surface area contributed by atoms with Gasteiger partial charge in [0.25, 0.3) is 0 Å². The van der Waals surface area contributed by atoms with E-state index in [2.05, 4.69) is 5.32 Å². The zero-order chi connectivity index (χ0) is 12.5. The fraction of sp³-hybridized carbons (Fsp3) is 0.333. The van der Waals surface area contributed by atoms with Gasteiger partial charge < -0.3 is 11.1 Å². The summed E-state index contributed by atoms with van der Waals surface area (Å²) in [6.07, 6.45) is 1.44. The Morgan fingerprint density at radius 1 is 1.41 bits per heavy atom. The third kappa shape index (κ3) is 2.44. The number of carbonyl (C=O) groups excluding carboxylic acids is 1. The highest BCUT2D eigenvalue weighted by atomic mass is 32.1. The summed E-state index contributed by atoms with van der Waals surface area (Å²) in [5.74, 6) is -0.420. The molecule has 0 heterocycles. The van der Waals surface area contributed by atoms with Gasteiger partial charge in [0, 0.05) is 6.54 Å². The Balaban J connectivity index is 1.93. The first-order valence-corrected chi connectivity index (χ1v) is 5.78. The molecule has 0 unspecified atom stereocenters. The molecular weight excluding hydrogens is 239 g/mol. The predicted octanol–water partition coefficient (Wildman–Crippen LogP) is 1.51. The lowest BCUT2D eigenvalue weighted by Crippen LogP contribution is -2.39. The van der Waals surface area contributed by atoms with Crippen LogP contribution < -0.4 is 11.1 Å². The molecule has 17 heavy (non-hydrogen) atoms. The van der Waals surface area contributed by atoms with E-state index in [1.807, 2.05) is 0 Å². The van der Waals surface area contributed by atoms with Gasteiger partial charge in [-0.05, 0) is 30.5 Å². The molecule has 1 aliphatic rings. The van der Waals surface area contributed by atoms with Gasteiger partial charge in [-0.15, -0.1) is 0 Å². The number of halogens is 1. The zero-order valence-corrected chi connectivity index (χ0v) is 10.0. The van der Waals surface area contributed by atoms with Gasteiger partial charge in [0.1, 0.15) is 5.82 Å². The number of nitrogens with one attached hydrogen (secondary N) is 1. The molecule has 1 aliphatic carbocycles. The number of benzene rings is 1. The quantitative estimate of drug-likeness (QED) is 0.799. The first kappa shape index (κ1) is 12.0. The van der Waals surface area contributed by atoms with Crippen LogP contribution in [0, 0.1) is 11.2 Å². The highest BCUT2D eigenvalue weighted by molar-refractivity contribution is 7.80. The second-order valence-corrected chi connectivity index (χ2v) is 4.70. The lowest BCUT2D eigenvalue weighted by Gasteiger charge is -2.13. The molecule has 0 spiro atoms. The van der Waals surface area contributed by atoms with Gasteiger partial charge in [0.05, 0.1) is 10.4 Å². The van der Waals surface area contributed by atoms with Gasteiger partial charge in [-0.25, -0.2) is 4.39 Å². The standard InChI is InChI=1S/C12H13FN2OS/c13-9-3-1-8(2-4-9)7-15-11(16)12(5-6-12)10(14)17/h1-4H,5-7H2,(H2,14,17)(H,15,16). The fourth-order valence-corrected chi connectivity index (χ4v) is 1.96. The number of hydrogen-bond donors (Lipinski definition) is 2. The molecule has 0 aliphatic heterocycles. The highest BCUT2D eigenvalue weighted by Gasteiger charge is 2.52. The van der Waals surface area contributed by atoms with E-state index in [9.17, 15) is 9.18 Å². The smallest absolute Gasteiger partial charge is 0.233 e. The molecule has 2 rings (SSSR count). The minimum absolute atomic E-state index is 0.130. The molecule has 1 aromatic carbocycles. The first-order chi connectivity index (χ1) is 8.04. The Morgan fingerprint density at radius 3 is 2.47 bits per heavy atom. The number of hydrogen-bond acceptors (Lipinski definition) is 2. The largest absolute Gasteiger partial charge is 0.392 e. The molecule has 3 nitrogen and oxygen atoms in total. The molecule has 0 atom stereocenters. The number of amides is 1. The van der Waals surface area contributed by atoms with Gasteiger partial charge in [-0.2, -0.15) is 0 Å². The van der Waals surface area contributed by atoms with Crippen LogP contribution in [0.4, 0.5) is 4.39 Å². The van der Waals surface area contributed by atoms with Crippen molar-refractivity contribution in [2.24, 2.45) is 11.1 Å². The Labute approximate surface area is 104 Å². The molecule has 5 heteroatoms. The Hall–Kier alpha value is -1.49. The van der Waals surface area contributed by atoms with Crippen LogP contribution >= 0.6 is 12.2 Å². The van der Waals surface area contributed by atoms with E-state index in [4.69, 9.17) is 18.0 Å². The summed E-state index contributed by atoms with van der Waals surface area (Å²) in [6.45, 7) is 0.365. The van der Waals surface area contributed by atoms with Crippen LogP contribution in [0.2, 0.25) is 0 Å². The number of carbonyl (C=O) groups is 1.